The molecule has 0 saturated carbocycles. The second kappa shape index (κ2) is 6.78. The maximum atomic E-state index is 12.3. The van der Waals surface area contributed by atoms with Crippen molar-refractivity contribution in [3.05, 3.63) is 29.8 Å². The number of methoxy groups -OCH3 is 1. The molecule has 0 bridgehead atoms. The van der Waals surface area contributed by atoms with Gasteiger partial charge in [-0.05, 0) is 12.5 Å². The van der Waals surface area contributed by atoms with Crippen molar-refractivity contribution in [2.75, 3.05) is 26.2 Å². The molecule has 1 heterocycles. The van der Waals surface area contributed by atoms with Gasteiger partial charge < -0.3 is 14.8 Å². The number of rotatable bonds is 5. The smallest absolute Gasteiger partial charge is 0.228 e. The first-order valence-electron chi connectivity index (χ1n) is 6.33. The maximum absolute atomic E-state index is 12.3. The number of carbonyl (C=O) groups excluding carboxylic acids is 1. The molecule has 4 nitrogen and oxygen atoms in total. The molecule has 0 radical (unpaired) electrons. The third-order valence-corrected chi connectivity index (χ3v) is 3.55. The minimum atomic E-state index is -0.174. The lowest BCUT2D eigenvalue weighted by atomic mass is 9.92. The van der Waals surface area contributed by atoms with Crippen LogP contribution in [0.3, 0.4) is 0 Å². The van der Waals surface area contributed by atoms with E-state index in [1.165, 1.54) is 0 Å². The van der Waals surface area contributed by atoms with Gasteiger partial charge in [0.25, 0.3) is 0 Å². The molecular weight excluding hydrogens is 266 g/mol. The summed E-state index contributed by atoms with van der Waals surface area (Å²) >= 11 is 5.81. The minimum Gasteiger partial charge on any atom is -0.493 e. The Kier molecular flexibility index (Phi) is 5.05. The highest BCUT2D eigenvalue weighted by molar-refractivity contribution is 6.18. The fourth-order valence-electron chi connectivity index (χ4n) is 2.24. The molecule has 0 aromatic heterocycles. The van der Waals surface area contributed by atoms with Crippen LogP contribution in [0.5, 0.6) is 5.75 Å². The molecular formula is C14H18ClNO3. The predicted molar refractivity (Wildman–Crippen MR) is 73.8 cm³/mol. The van der Waals surface area contributed by atoms with Gasteiger partial charge >= 0.3 is 0 Å². The summed E-state index contributed by atoms with van der Waals surface area (Å²) in [5, 5.41) is 2.93. The Morgan fingerprint density at radius 3 is 3.11 bits per heavy atom. The van der Waals surface area contributed by atoms with E-state index in [0.717, 1.165) is 11.3 Å². The van der Waals surface area contributed by atoms with E-state index in [1.807, 2.05) is 24.3 Å². The van der Waals surface area contributed by atoms with Crippen LogP contribution in [-0.4, -0.2) is 38.2 Å². The van der Waals surface area contributed by atoms with E-state index in [1.54, 1.807) is 7.11 Å². The highest BCUT2D eigenvalue weighted by Gasteiger charge is 2.28. The lowest BCUT2D eigenvalue weighted by molar-refractivity contribution is -0.124. The summed E-state index contributed by atoms with van der Waals surface area (Å²) in [6, 6.07) is 7.50. The minimum absolute atomic E-state index is 0.0153. The van der Waals surface area contributed by atoms with Crippen molar-refractivity contribution >= 4 is 17.5 Å². The van der Waals surface area contributed by atoms with Gasteiger partial charge in [-0.3, -0.25) is 4.79 Å². The second-order valence-electron chi connectivity index (χ2n) is 4.54. The van der Waals surface area contributed by atoms with E-state index in [0.29, 0.717) is 25.5 Å². The molecule has 0 aliphatic carbocycles. The first-order valence-corrected chi connectivity index (χ1v) is 6.86. The molecule has 0 spiro atoms. The van der Waals surface area contributed by atoms with Gasteiger partial charge in [0.2, 0.25) is 5.91 Å². The topological polar surface area (TPSA) is 47.6 Å². The number of hydrogen-bond donors (Lipinski definition) is 1. The van der Waals surface area contributed by atoms with E-state index in [-0.39, 0.29) is 17.9 Å². The fraction of sp³-hybridized carbons (Fsp3) is 0.500. The molecule has 2 unspecified atom stereocenters. The van der Waals surface area contributed by atoms with Crippen LogP contribution >= 0.6 is 11.6 Å². The van der Waals surface area contributed by atoms with Crippen LogP contribution in [0.4, 0.5) is 0 Å². The van der Waals surface area contributed by atoms with Crippen molar-refractivity contribution in [1.29, 1.82) is 0 Å². The van der Waals surface area contributed by atoms with Gasteiger partial charge in [-0.1, -0.05) is 18.2 Å². The highest BCUT2D eigenvalue weighted by atomic mass is 35.5. The molecule has 19 heavy (non-hydrogen) atoms. The number of carbonyl (C=O) groups is 1. The van der Waals surface area contributed by atoms with Crippen molar-refractivity contribution in [2.24, 2.45) is 0 Å². The SMILES string of the molecule is COCC(CCl)NC(=O)C1CCOc2ccccc21. The summed E-state index contributed by atoms with van der Waals surface area (Å²) in [5.74, 6) is 0.943. The average molecular weight is 284 g/mol. The van der Waals surface area contributed by atoms with Gasteiger partial charge in [0.05, 0.1) is 25.2 Å². The third-order valence-electron chi connectivity index (χ3n) is 3.18. The Labute approximate surface area is 118 Å². The zero-order valence-electron chi connectivity index (χ0n) is 10.9. The normalized spacial score (nSPS) is 19.2. The summed E-state index contributed by atoms with van der Waals surface area (Å²) in [6.45, 7) is 0.977. The summed E-state index contributed by atoms with van der Waals surface area (Å²) < 4.78 is 10.6. The Bertz CT molecular complexity index is 438. The zero-order valence-corrected chi connectivity index (χ0v) is 11.7. The van der Waals surface area contributed by atoms with E-state index < -0.39 is 0 Å². The third kappa shape index (κ3) is 3.39. The number of para-hydroxylation sites is 1. The number of amides is 1. The number of alkyl halides is 1. The van der Waals surface area contributed by atoms with Gasteiger partial charge in [0, 0.05) is 18.6 Å². The number of fused-ring (bicyclic) bond motifs is 1. The van der Waals surface area contributed by atoms with E-state index in [9.17, 15) is 4.79 Å². The summed E-state index contributed by atoms with van der Waals surface area (Å²) in [4.78, 5) is 12.3. The Morgan fingerprint density at radius 1 is 1.58 bits per heavy atom. The quantitative estimate of drug-likeness (QED) is 0.840. The lowest BCUT2D eigenvalue weighted by Crippen LogP contribution is -2.42. The second-order valence-corrected chi connectivity index (χ2v) is 4.85. The van der Waals surface area contributed by atoms with Crippen LogP contribution in [0.1, 0.15) is 17.9 Å². The van der Waals surface area contributed by atoms with Crippen molar-refractivity contribution < 1.29 is 14.3 Å². The largest absolute Gasteiger partial charge is 0.493 e. The van der Waals surface area contributed by atoms with Crippen molar-refractivity contribution in [2.45, 2.75) is 18.4 Å². The fourth-order valence-corrected chi connectivity index (χ4v) is 2.41. The van der Waals surface area contributed by atoms with Gasteiger partial charge in [0.1, 0.15) is 5.75 Å². The molecule has 104 valence electrons. The summed E-state index contributed by atoms with van der Waals surface area (Å²) in [5.41, 5.74) is 0.942. The van der Waals surface area contributed by atoms with Gasteiger partial charge in [-0.15, -0.1) is 11.6 Å². The van der Waals surface area contributed by atoms with Crippen LogP contribution in [0, 0.1) is 0 Å². The predicted octanol–water partition coefficient (Wildman–Crippen LogP) is 1.92. The molecule has 5 heteroatoms. The van der Waals surface area contributed by atoms with Crippen molar-refractivity contribution in [3.63, 3.8) is 0 Å². The van der Waals surface area contributed by atoms with Gasteiger partial charge in [-0.2, -0.15) is 0 Å². The molecule has 0 saturated heterocycles. The van der Waals surface area contributed by atoms with Crippen molar-refractivity contribution in [3.8, 4) is 5.75 Å². The lowest BCUT2D eigenvalue weighted by Gasteiger charge is -2.26. The Hall–Kier alpha value is -1.26. The zero-order chi connectivity index (χ0) is 13.7. The number of hydrogen-bond acceptors (Lipinski definition) is 3. The summed E-state index contributed by atoms with van der Waals surface area (Å²) in [6.07, 6.45) is 0.685. The first-order chi connectivity index (χ1) is 9.26. The number of nitrogens with one attached hydrogen (secondary N) is 1. The molecule has 0 fully saturated rings. The first kappa shape index (κ1) is 14.2. The number of benzene rings is 1. The Morgan fingerprint density at radius 2 is 2.37 bits per heavy atom. The molecule has 1 aromatic rings. The van der Waals surface area contributed by atoms with Crippen LogP contribution in [-0.2, 0) is 9.53 Å². The molecule has 1 aliphatic heterocycles. The van der Waals surface area contributed by atoms with Gasteiger partial charge in [-0.25, -0.2) is 0 Å². The number of ether oxygens (including phenoxy) is 2. The monoisotopic (exact) mass is 283 g/mol. The van der Waals surface area contributed by atoms with Crippen molar-refractivity contribution in [1.82, 2.24) is 5.32 Å². The van der Waals surface area contributed by atoms with E-state index >= 15 is 0 Å². The molecule has 1 aromatic carbocycles. The standard InChI is InChI=1S/C14H18ClNO3/c1-18-9-10(8-15)16-14(17)12-6-7-19-13-5-3-2-4-11(12)13/h2-5,10,12H,6-9H2,1H3,(H,16,17). The average Bonchev–Trinajstić information content (AvgIpc) is 2.46. The van der Waals surface area contributed by atoms with E-state index in [2.05, 4.69) is 5.32 Å². The maximum Gasteiger partial charge on any atom is 0.228 e. The summed E-state index contributed by atoms with van der Waals surface area (Å²) in [7, 11) is 1.59. The molecule has 1 aliphatic rings. The molecule has 1 amide bonds. The van der Waals surface area contributed by atoms with E-state index in [4.69, 9.17) is 21.1 Å². The van der Waals surface area contributed by atoms with Crippen LogP contribution < -0.4 is 10.1 Å². The molecule has 2 rings (SSSR count). The van der Waals surface area contributed by atoms with Crippen LogP contribution in [0.15, 0.2) is 24.3 Å². The molecule has 2 atom stereocenters. The Balaban J connectivity index is 2.08. The number of halogens is 1. The molecule has 1 N–H and O–H groups in total. The van der Waals surface area contributed by atoms with Crippen LogP contribution in [0.25, 0.3) is 0 Å². The van der Waals surface area contributed by atoms with Gasteiger partial charge in [0.15, 0.2) is 0 Å². The van der Waals surface area contributed by atoms with Crippen LogP contribution in [0.2, 0.25) is 0 Å². The highest BCUT2D eigenvalue weighted by Crippen LogP contribution is 2.33.